The first-order valence-corrected chi connectivity index (χ1v) is 8.07. The van der Waals surface area contributed by atoms with Gasteiger partial charge in [0.15, 0.2) is 0 Å². The Balaban J connectivity index is 2.79. The summed E-state index contributed by atoms with van der Waals surface area (Å²) in [4.78, 5) is 0.383. The Kier molecular flexibility index (Phi) is 5.73. The summed E-state index contributed by atoms with van der Waals surface area (Å²) in [6.07, 6.45) is 0.709. The highest BCUT2D eigenvalue weighted by Gasteiger charge is 2.14. The largest absolute Gasteiger partial charge is 0.240 e. The van der Waals surface area contributed by atoms with Crippen LogP contribution in [0.5, 0.6) is 0 Å². The molecule has 17 heavy (non-hydrogen) atoms. The van der Waals surface area contributed by atoms with Gasteiger partial charge in [-0.1, -0.05) is 46.1 Å². The molecule has 0 amide bonds. The van der Waals surface area contributed by atoms with Crippen LogP contribution in [0, 0.1) is 0 Å². The number of halogens is 3. The van der Waals surface area contributed by atoms with Crippen LogP contribution in [0.15, 0.2) is 23.1 Å². The van der Waals surface area contributed by atoms with E-state index in [1.807, 2.05) is 6.92 Å². The molecule has 0 fully saturated rings. The van der Waals surface area contributed by atoms with Crippen LogP contribution in [-0.2, 0) is 10.0 Å². The fraction of sp³-hybridized carbons (Fsp3) is 0.400. The zero-order valence-electron chi connectivity index (χ0n) is 9.08. The van der Waals surface area contributed by atoms with E-state index in [-0.39, 0.29) is 14.7 Å². The molecule has 7 heteroatoms. The number of sulfonamides is 1. The minimum Gasteiger partial charge on any atom is -0.211 e. The lowest BCUT2D eigenvalue weighted by Gasteiger charge is -2.08. The minimum atomic E-state index is -3.51. The molecule has 1 atom stereocenters. The normalized spacial score (nSPS) is 13.6. The van der Waals surface area contributed by atoms with Crippen molar-refractivity contribution in [2.45, 2.75) is 23.1 Å². The van der Waals surface area contributed by atoms with Crippen molar-refractivity contribution in [2.24, 2.45) is 0 Å². The summed E-state index contributed by atoms with van der Waals surface area (Å²) in [6.45, 7) is 2.32. The van der Waals surface area contributed by atoms with E-state index in [0.717, 1.165) is 0 Å². The van der Waals surface area contributed by atoms with Gasteiger partial charge < -0.3 is 0 Å². The number of benzene rings is 1. The molecule has 0 heterocycles. The molecule has 0 aliphatic carbocycles. The van der Waals surface area contributed by atoms with Crippen molar-refractivity contribution in [1.29, 1.82) is 0 Å². The van der Waals surface area contributed by atoms with Crippen LogP contribution >= 0.6 is 39.1 Å². The van der Waals surface area contributed by atoms with Gasteiger partial charge in [-0.25, -0.2) is 13.1 Å². The summed E-state index contributed by atoms with van der Waals surface area (Å²) in [5.74, 6) is 0. The Hall–Kier alpha value is 0.190. The van der Waals surface area contributed by atoms with Crippen molar-refractivity contribution >= 4 is 49.2 Å². The van der Waals surface area contributed by atoms with Crippen LogP contribution in [0.4, 0.5) is 0 Å². The third kappa shape index (κ3) is 4.75. The standard InChI is InChI=1S/C10H12BrCl2NO2S/c1-7(11)4-5-14-17(15,16)8-2-3-9(12)10(13)6-8/h2-3,6-7,14H,4-5H2,1H3. The van der Waals surface area contributed by atoms with E-state index in [1.165, 1.54) is 18.2 Å². The Morgan fingerprint density at radius 3 is 2.53 bits per heavy atom. The van der Waals surface area contributed by atoms with Gasteiger partial charge in [-0.3, -0.25) is 0 Å². The van der Waals surface area contributed by atoms with E-state index in [9.17, 15) is 8.42 Å². The second kappa shape index (κ2) is 6.38. The minimum absolute atomic E-state index is 0.120. The van der Waals surface area contributed by atoms with Crippen molar-refractivity contribution in [1.82, 2.24) is 4.72 Å². The van der Waals surface area contributed by atoms with E-state index in [1.54, 1.807) is 0 Å². The number of hydrogen-bond donors (Lipinski definition) is 1. The second-order valence-corrected chi connectivity index (χ2v) is 7.69. The van der Waals surface area contributed by atoms with Crippen molar-refractivity contribution in [3.63, 3.8) is 0 Å². The maximum absolute atomic E-state index is 11.8. The maximum atomic E-state index is 11.8. The monoisotopic (exact) mass is 359 g/mol. The molecule has 0 aliphatic heterocycles. The van der Waals surface area contributed by atoms with E-state index in [0.29, 0.717) is 18.0 Å². The van der Waals surface area contributed by atoms with Gasteiger partial charge in [0.25, 0.3) is 0 Å². The molecule has 0 saturated heterocycles. The number of alkyl halides is 1. The number of nitrogens with one attached hydrogen (secondary N) is 1. The first-order valence-electron chi connectivity index (χ1n) is 4.91. The van der Waals surface area contributed by atoms with Crippen molar-refractivity contribution < 1.29 is 8.42 Å². The van der Waals surface area contributed by atoms with Crippen LogP contribution in [0.25, 0.3) is 0 Å². The fourth-order valence-corrected chi connectivity index (χ4v) is 2.78. The van der Waals surface area contributed by atoms with Gasteiger partial charge in [-0.05, 0) is 24.6 Å². The third-order valence-corrected chi connectivity index (χ3v) is 4.69. The Bertz CT molecular complexity index is 491. The molecule has 0 aromatic heterocycles. The summed E-state index contributed by atoms with van der Waals surface area (Å²) < 4.78 is 26.2. The van der Waals surface area contributed by atoms with Gasteiger partial charge in [0.1, 0.15) is 0 Å². The molecule has 0 saturated carbocycles. The average molecular weight is 361 g/mol. The van der Waals surface area contributed by atoms with Gasteiger partial charge in [-0.2, -0.15) is 0 Å². The highest BCUT2D eigenvalue weighted by atomic mass is 79.9. The Morgan fingerprint density at radius 1 is 1.35 bits per heavy atom. The average Bonchev–Trinajstić information content (AvgIpc) is 2.21. The van der Waals surface area contributed by atoms with Gasteiger partial charge >= 0.3 is 0 Å². The SMILES string of the molecule is CC(Br)CCNS(=O)(=O)c1ccc(Cl)c(Cl)c1. The van der Waals surface area contributed by atoms with E-state index in [2.05, 4.69) is 20.7 Å². The quantitative estimate of drug-likeness (QED) is 0.817. The summed E-state index contributed by atoms with van der Waals surface area (Å²) in [6, 6.07) is 4.23. The fourth-order valence-electron chi connectivity index (χ4n) is 1.12. The molecular formula is C10H12BrCl2NO2S. The second-order valence-electron chi connectivity index (χ2n) is 3.54. The zero-order valence-corrected chi connectivity index (χ0v) is 13.0. The highest BCUT2D eigenvalue weighted by Crippen LogP contribution is 2.24. The summed E-state index contributed by atoms with van der Waals surface area (Å²) in [5.41, 5.74) is 0. The van der Waals surface area contributed by atoms with Crippen LogP contribution < -0.4 is 4.72 Å². The Morgan fingerprint density at radius 2 is 2.00 bits per heavy atom. The van der Waals surface area contributed by atoms with Crippen LogP contribution in [0.1, 0.15) is 13.3 Å². The Labute approximate surface area is 120 Å². The molecule has 0 bridgehead atoms. The molecule has 3 nitrogen and oxygen atoms in total. The number of rotatable bonds is 5. The first-order chi connectivity index (χ1) is 7.83. The molecule has 1 rings (SSSR count). The molecule has 0 spiro atoms. The topological polar surface area (TPSA) is 46.2 Å². The van der Waals surface area contributed by atoms with Gasteiger partial charge in [0.05, 0.1) is 14.9 Å². The molecule has 96 valence electrons. The van der Waals surface area contributed by atoms with E-state index >= 15 is 0 Å². The molecular weight excluding hydrogens is 349 g/mol. The smallest absolute Gasteiger partial charge is 0.211 e. The van der Waals surface area contributed by atoms with Gasteiger partial charge in [0, 0.05) is 11.4 Å². The number of hydrogen-bond acceptors (Lipinski definition) is 2. The third-order valence-electron chi connectivity index (χ3n) is 2.04. The molecule has 1 N–H and O–H groups in total. The molecule has 1 unspecified atom stereocenters. The summed E-state index contributed by atoms with van der Waals surface area (Å²) in [7, 11) is -3.51. The first kappa shape index (κ1) is 15.2. The van der Waals surface area contributed by atoms with Gasteiger partial charge in [-0.15, -0.1) is 0 Å². The molecule has 1 aromatic rings. The molecule has 0 radical (unpaired) electrons. The van der Waals surface area contributed by atoms with Crippen molar-refractivity contribution in [2.75, 3.05) is 6.54 Å². The highest BCUT2D eigenvalue weighted by molar-refractivity contribution is 9.09. The maximum Gasteiger partial charge on any atom is 0.240 e. The zero-order chi connectivity index (χ0) is 13.1. The predicted molar refractivity (Wildman–Crippen MR) is 74.7 cm³/mol. The summed E-state index contributed by atoms with van der Waals surface area (Å²) >= 11 is 14.8. The van der Waals surface area contributed by atoms with Crippen LogP contribution in [0.2, 0.25) is 10.0 Å². The lowest BCUT2D eigenvalue weighted by Crippen LogP contribution is -2.25. The van der Waals surface area contributed by atoms with E-state index < -0.39 is 10.0 Å². The predicted octanol–water partition coefficient (Wildman–Crippen LogP) is 3.45. The van der Waals surface area contributed by atoms with Gasteiger partial charge in [0.2, 0.25) is 10.0 Å². The van der Waals surface area contributed by atoms with Crippen LogP contribution in [0.3, 0.4) is 0 Å². The summed E-state index contributed by atoms with van der Waals surface area (Å²) in [5, 5.41) is 0.558. The van der Waals surface area contributed by atoms with Crippen molar-refractivity contribution in [3.05, 3.63) is 28.2 Å². The molecule has 1 aromatic carbocycles. The lowest BCUT2D eigenvalue weighted by molar-refractivity contribution is 0.579. The van der Waals surface area contributed by atoms with E-state index in [4.69, 9.17) is 23.2 Å². The van der Waals surface area contributed by atoms with Crippen molar-refractivity contribution in [3.8, 4) is 0 Å². The van der Waals surface area contributed by atoms with Crippen LogP contribution in [-0.4, -0.2) is 19.8 Å². The molecule has 0 aliphatic rings. The lowest BCUT2D eigenvalue weighted by atomic mass is 10.3.